The first-order chi connectivity index (χ1) is 10.4. The minimum absolute atomic E-state index is 0.148. The van der Waals surface area contributed by atoms with Crippen LogP contribution in [-0.4, -0.2) is 21.5 Å². The van der Waals surface area contributed by atoms with Crippen LogP contribution in [0.5, 0.6) is 0 Å². The zero-order valence-corrected chi connectivity index (χ0v) is 14.4. The van der Waals surface area contributed by atoms with Gasteiger partial charge in [0.1, 0.15) is 5.01 Å². The van der Waals surface area contributed by atoms with Crippen LogP contribution in [0.15, 0.2) is 29.6 Å². The van der Waals surface area contributed by atoms with E-state index in [1.807, 2.05) is 37.4 Å². The van der Waals surface area contributed by atoms with E-state index in [2.05, 4.69) is 15.6 Å². The minimum atomic E-state index is -0.904. The number of aryl methyl sites for hydroxylation is 1. The Morgan fingerprint density at radius 3 is 2.86 bits per heavy atom. The Balaban J connectivity index is 1.95. The van der Waals surface area contributed by atoms with Gasteiger partial charge in [-0.1, -0.05) is 12.1 Å². The summed E-state index contributed by atoms with van der Waals surface area (Å²) >= 11 is 1.53. The van der Waals surface area contributed by atoms with Crippen LogP contribution < -0.4 is 10.6 Å². The Morgan fingerprint density at radius 1 is 1.45 bits per heavy atom. The molecule has 118 valence electrons. The van der Waals surface area contributed by atoms with E-state index >= 15 is 0 Å². The molecule has 2 rings (SSSR count). The number of carbonyl (C=O) groups excluding carboxylic acids is 1. The molecule has 1 aromatic carbocycles. The first-order valence-corrected chi connectivity index (χ1v) is 9.43. The number of amides is 2. The molecule has 0 spiro atoms. The number of nitrogens with zero attached hydrogens (tertiary/aromatic N) is 1. The highest BCUT2D eigenvalue weighted by atomic mass is 32.2. The number of nitrogens with one attached hydrogen (secondary N) is 2. The van der Waals surface area contributed by atoms with Gasteiger partial charge in [0.05, 0.1) is 6.04 Å². The maximum atomic E-state index is 12.0. The molecule has 2 N–H and O–H groups in total. The molecule has 0 aliphatic rings. The monoisotopic (exact) mass is 337 g/mol. The number of benzene rings is 1. The Kier molecular flexibility index (Phi) is 5.68. The van der Waals surface area contributed by atoms with Gasteiger partial charge in [-0.15, -0.1) is 11.3 Å². The summed E-state index contributed by atoms with van der Waals surface area (Å²) in [4.78, 5) is 16.4. The molecule has 0 saturated carbocycles. The third-order valence-electron chi connectivity index (χ3n) is 2.91. The first kappa shape index (κ1) is 16.6. The molecule has 1 aromatic heterocycles. The normalized spacial score (nSPS) is 13.4. The summed E-state index contributed by atoms with van der Waals surface area (Å²) in [7, 11) is -0.904. The van der Waals surface area contributed by atoms with Gasteiger partial charge in [-0.2, -0.15) is 0 Å². The van der Waals surface area contributed by atoms with Crippen LogP contribution >= 0.6 is 11.3 Å². The molecule has 2 atom stereocenters. The molecular formula is C15H19N3O2S2. The van der Waals surface area contributed by atoms with E-state index < -0.39 is 10.8 Å². The summed E-state index contributed by atoms with van der Waals surface area (Å²) in [6.45, 7) is 3.82. The van der Waals surface area contributed by atoms with Gasteiger partial charge >= 0.3 is 6.03 Å². The number of urea groups is 1. The van der Waals surface area contributed by atoms with Crippen molar-refractivity contribution >= 4 is 33.9 Å². The van der Waals surface area contributed by atoms with E-state index in [0.717, 1.165) is 16.3 Å². The van der Waals surface area contributed by atoms with Crippen LogP contribution in [0.25, 0.3) is 0 Å². The molecule has 0 aliphatic carbocycles. The van der Waals surface area contributed by atoms with Gasteiger partial charge in [-0.05, 0) is 31.5 Å². The lowest BCUT2D eigenvalue weighted by atomic mass is 10.2. The van der Waals surface area contributed by atoms with Gasteiger partial charge in [0, 0.05) is 39.6 Å². The van der Waals surface area contributed by atoms with Crippen molar-refractivity contribution in [2.24, 2.45) is 0 Å². The van der Waals surface area contributed by atoms with E-state index in [1.165, 1.54) is 11.3 Å². The lowest BCUT2D eigenvalue weighted by Crippen LogP contribution is -2.31. The second-order valence-corrected chi connectivity index (χ2v) is 7.39. The van der Waals surface area contributed by atoms with Gasteiger partial charge in [0.25, 0.3) is 0 Å². The number of anilines is 1. The molecule has 22 heavy (non-hydrogen) atoms. The fourth-order valence-electron chi connectivity index (χ4n) is 1.97. The maximum Gasteiger partial charge on any atom is 0.319 e. The smallest absolute Gasteiger partial charge is 0.319 e. The van der Waals surface area contributed by atoms with Gasteiger partial charge in [-0.25, -0.2) is 9.78 Å². The molecule has 2 aromatic rings. The first-order valence-electron chi connectivity index (χ1n) is 6.82. The van der Waals surface area contributed by atoms with Crippen molar-refractivity contribution in [1.29, 1.82) is 0 Å². The molecule has 2 amide bonds. The Hall–Kier alpha value is -1.73. The second-order valence-electron chi connectivity index (χ2n) is 5.07. The predicted octanol–water partition coefficient (Wildman–Crippen LogP) is 3.21. The topological polar surface area (TPSA) is 71.1 Å². The highest BCUT2D eigenvalue weighted by Crippen LogP contribution is 2.18. The van der Waals surface area contributed by atoms with Crippen LogP contribution in [-0.2, 0) is 16.6 Å². The SMILES string of the molecule is Cc1csc(C(C)NC(=O)Nc2cccc(CS(C)=O)c2)n1. The van der Waals surface area contributed by atoms with Crippen LogP contribution in [0.4, 0.5) is 10.5 Å². The van der Waals surface area contributed by atoms with Crippen LogP contribution in [0.3, 0.4) is 0 Å². The molecule has 5 nitrogen and oxygen atoms in total. The van der Waals surface area contributed by atoms with Crippen molar-refractivity contribution in [3.63, 3.8) is 0 Å². The van der Waals surface area contributed by atoms with Gasteiger partial charge in [0.15, 0.2) is 0 Å². The van der Waals surface area contributed by atoms with Crippen molar-refractivity contribution in [1.82, 2.24) is 10.3 Å². The van der Waals surface area contributed by atoms with Crippen molar-refractivity contribution in [2.45, 2.75) is 25.6 Å². The van der Waals surface area contributed by atoms with E-state index in [9.17, 15) is 9.00 Å². The lowest BCUT2D eigenvalue weighted by molar-refractivity contribution is 0.249. The van der Waals surface area contributed by atoms with Crippen molar-refractivity contribution in [2.75, 3.05) is 11.6 Å². The summed E-state index contributed by atoms with van der Waals surface area (Å²) in [5, 5.41) is 8.48. The molecule has 0 fully saturated rings. The summed E-state index contributed by atoms with van der Waals surface area (Å²) in [6, 6.07) is 6.94. The van der Waals surface area contributed by atoms with E-state index in [4.69, 9.17) is 0 Å². The molecule has 1 heterocycles. The number of rotatable bonds is 5. The van der Waals surface area contributed by atoms with Crippen molar-refractivity contribution < 1.29 is 9.00 Å². The lowest BCUT2D eigenvalue weighted by Gasteiger charge is -2.13. The summed E-state index contributed by atoms with van der Waals surface area (Å²) < 4.78 is 11.3. The van der Waals surface area contributed by atoms with E-state index in [1.54, 1.807) is 12.3 Å². The van der Waals surface area contributed by atoms with Crippen molar-refractivity contribution in [3.05, 3.63) is 45.9 Å². The quantitative estimate of drug-likeness (QED) is 0.880. The maximum absolute atomic E-state index is 12.0. The molecule has 0 saturated heterocycles. The molecule has 0 radical (unpaired) electrons. The fourth-order valence-corrected chi connectivity index (χ4v) is 3.42. The Bertz CT molecular complexity index is 685. The van der Waals surface area contributed by atoms with Crippen LogP contribution in [0.1, 0.15) is 29.2 Å². The predicted molar refractivity (Wildman–Crippen MR) is 91.6 cm³/mol. The van der Waals surface area contributed by atoms with Gasteiger partial charge < -0.3 is 10.6 Å². The second kappa shape index (κ2) is 7.51. The highest BCUT2D eigenvalue weighted by Gasteiger charge is 2.12. The van der Waals surface area contributed by atoms with E-state index in [-0.39, 0.29) is 12.1 Å². The highest BCUT2D eigenvalue weighted by molar-refractivity contribution is 7.83. The van der Waals surface area contributed by atoms with Gasteiger partial charge in [-0.3, -0.25) is 4.21 Å². The number of aromatic nitrogens is 1. The number of hydrogen-bond donors (Lipinski definition) is 2. The number of carbonyl (C=O) groups is 1. The Morgan fingerprint density at radius 2 is 2.23 bits per heavy atom. The molecule has 0 aliphatic heterocycles. The zero-order valence-electron chi connectivity index (χ0n) is 12.8. The van der Waals surface area contributed by atoms with Gasteiger partial charge in [0.2, 0.25) is 0 Å². The molecule has 7 heteroatoms. The van der Waals surface area contributed by atoms with Crippen LogP contribution in [0, 0.1) is 6.92 Å². The zero-order chi connectivity index (χ0) is 16.1. The molecule has 2 unspecified atom stereocenters. The third kappa shape index (κ3) is 4.92. The number of hydrogen-bond acceptors (Lipinski definition) is 4. The fraction of sp³-hybridized carbons (Fsp3) is 0.333. The average Bonchev–Trinajstić information content (AvgIpc) is 2.85. The van der Waals surface area contributed by atoms with Crippen molar-refractivity contribution in [3.8, 4) is 0 Å². The largest absolute Gasteiger partial charge is 0.329 e. The van der Waals surface area contributed by atoms with Crippen LogP contribution in [0.2, 0.25) is 0 Å². The number of thiazole rings is 1. The third-order valence-corrected chi connectivity index (χ3v) is 4.79. The summed E-state index contributed by atoms with van der Waals surface area (Å²) in [5.74, 6) is 0.478. The Labute approximate surface area is 136 Å². The average molecular weight is 337 g/mol. The standard InChI is InChI=1S/C15H19N3O2S2/c1-10-8-21-14(16-10)11(2)17-15(19)18-13-6-4-5-12(7-13)9-22(3)20/h4-8,11H,9H2,1-3H3,(H2,17,18,19). The van der Waals surface area contributed by atoms with E-state index in [0.29, 0.717) is 11.4 Å². The summed E-state index contributed by atoms with van der Waals surface area (Å²) in [6.07, 6.45) is 1.66. The molecular weight excluding hydrogens is 318 g/mol. The minimum Gasteiger partial charge on any atom is -0.329 e. The molecule has 0 bridgehead atoms. The summed E-state index contributed by atoms with van der Waals surface area (Å²) in [5.41, 5.74) is 2.57.